The molecule has 1 nitrogen and oxygen atoms in total. The summed E-state index contributed by atoms with van der Waals surface area (Å²) in [6, 6.07) is 11.8. The van der Waals surface area contributed by atoms with E-state index in [0.717, 1.165) is 6.54 Å². The molecule has 1 N–H and O–H groups in total. The molecule has 0 radical (unpaired) electrons. The van der Waals surface area contributed by atoms with Gasteiger partial charge in [-0.25, -0.2) is 0 Å². The standard InChI is InChI=1S/C17H27N/c1-3-16(18-4-2)17(13-9-6-10-14-17)15-11-7-5-8-12-15/h5,7-8,11-12,16,18H,3-4,6,9-10,13-14H2,1-2H3. The van der Waals surface area contributed by atoms with Gasteiger partial charge in [0, 0.05) is 11.5 Å². The van der Waals surface area contributed by atoms with Crippen molar-refractivity contribution in [2.45, 2.75) is 63.8 Å². The second-order valence-electron chi connectivity index (χ2n) is 5.60. The van der Waals surface area contributed by atoms with Gasteiger partial charge in [-0.2, -0.15) is 0 Å². The van der Waals surface area contributed by atoms with Crippen LogP contribution in [-0.4, -0.2) is 12.6 Å². The maximum Gasteiger partial charge on any atom is 0.0161 e. The number of nitrogens with one attached hydrogen (secondary N) is 1. The van der Waals surface area contributed by atoms with Crippen molar-refractivity contribution in [2.24, 2.45) is 0 Å². The number of likely N-dealkylation sites (N-methyl/N-ethyl adjacent to an activating group) is 1. The zero-order valence-electron chi connectivity index (χ0n) is 11.9. The minimum absolute atomic E-state index is 0.379. The minimum atomic E-state index is 0.379. The Kier molecular flexibility index (Phi) is 4.82. The third kappa shape index (κ3) is 2.61. The molecule has 0 spiro atoms. The van der Waals surface area contributed by atoms with E-state index < -0.39 is 0 Å². The lowest BCUT2D eigenvalue weighted by atomic mass is 9.64. The molecule has 0 amide bonds. The van der Waals surface area contributed by atoms with Gasteiger partial charge in [-0.15, -0.1) is 0 Å². The van der Waals surface area contributed by atoms with Gasteiger partial charge < -0.3 is 5.32 Å². The summed E-state index contributed by atoms with van der Waals surface area (Å²) < 4.78 is 0. The van der Waals surface area contributed by atoms with Crippen LogP contribution in [0.1, 0.15) is 57.9 Å². The molecule has 18 heavy (non-hydrogen) atoms. The average molecular weight is 245 g/mol. The van der Waals surface area contributed by atoms with Crippen molar-refractivity contribution in [1.82, 2.24) is 5.32 Å². The quantitative estimate of drug-likeness (QED) is 0.816. The van der Waals surface area contributed by atoms with E-state index >= 15 is 0 Å². The SMILES string of the molecule is CCNC(CC)C1(c2ccccc2)CCCCC1. The second-order valence-corrected chi connectivity index (χ2v) is 5.60. The summed E-state index contributed by atoms with van der Waals surface area (Å²) in [6.45, 7) is 5.63. The molecule has 1 aliphatic carbocycles. The molecule has 100 valence electrons. The highest BCUT2D eigenvalue weighted by Gasteiger charge is 2.39. The molecule has 1 aliphatic rings. The van der Waals surface area contributed by atoms with Gasteiger partial charge in [-0.1, -0.05) is 63.4 Å². The van der Waals surface area contributed by atoms with Gasteiger partial charge in [0.1, 0.15) is 0 Å². The maximum absolute atomic E-state index is 3.74. The Bertz CT molecular complexity index is 338. The second kappa shape index (κ2) is 6.38. The summed E-state index contributed by atoms with van der Waals surface area (Å²) in [5.74, 6) is 0. The third-order valence-electron chi connectivity index (χ3n) is 4.62. The summed E-state index contributed by atoms with van der Waals surface area (Å²) in [5.41, 5.74) is 1.93. The van der Waals surface area contributed by atoms with Crippen molar-refractivity contribution in [1.29, 1.82) is 0 Å². The van der Waals surface area contributed by atoms with Crippen LogP contribution in [0.15, 0.2) is 30.3 Å². The summed E-state index contributed by atoms with van der Waals surface area (Å²) in [7, 11) is 0. The largest absolute Gasteiger partial charge is 0.313 e. The highest BCUT2D eigenvalue weighted by Crippen LogP contribution is 2.43. The van der Waals surface area contributed by atoms with Crippen molar-refractivity contribution >= 4 is 0 Å². The fraction of sp³-hybridized carbons (Fsp3) is 0.647. The first kappa shape index (κ1) is 13.6. The third-order valence-corrected chi connectivity index (χ3v) is 4.62. The van der Waals surface area contributed by atoms with Gasteiger partial charge in [0.15, 0.2) is 0 Å². The lowest BCUT2D eigenvalue weighted by Crippen LogP contribution is -2.49. The molecule has 0 aliphatic heterocycles. The van der Waals surface area contributed by atoms with E-state index in [1.165, 1.54) is 38.5 Å². The molecule has 1 fully saturated rings. The molecule has 1 aromatic rings. The fourth-order valence-corrected chi connectivity index (χ4v) is 3.77. The summed E-state index contributed by atoms with van der Waals surface area (Å²) in [5, 5.41) is 3.74. The lowest BCUT2D eigenvalue weighted by Gasteiger charge is -2.44. The van der Waals surface area contributed by atoms with Crippen molar-refractivity contribution in [3.05, 3.63) is 35.9 Å². The van der Waals surface area contributed by atoms with Crippen molar-refractivity contribution in [2.75, 3.05) is 6.54 Å². The molecule has 0 bridgehead atoms. The molecule has 2 rings (SSSR count). The Morgan fingerprint density at radius 1 is 1.06 bits per heavy atom. The highest BCUT2D eigenvalue weighted by atomic mass is 14.9. The van der Waals surface area contributed by atoms with E-state index in [4.69, 9.17) is 0 Å². The van der Waals surface area contributed by atoms with Gasteiger partial charge in [-0.3, -0.25) is 0 Å². The molecule has 0 heterocycles. The van der Waals surface area contributed by atoms with E-state index in [-0.39, 0.29) is 0 Å². The van der Waals surface area contributed by atoms with Crippen molar-refractivity contribution in [3.63, 3.8) is 0 Å². The van der Waals surface area contributed by atoms with E-state index in [2.05, 4.69) is 49.5 Å². The number of rotatable bonds is 5. The first-order valence-electron chi connectivity index (χ1n) is 7.62. The Morgan fingerprint density at radius 3 is 2.28 bits per heavy atom. The molecule has 1 aromatic carbocycles. The fourth-order valence-electron chi connectivity index (χ4n) is 3.77. The van der Waals surface area contributed by atoms with Crippen LogP contribution in [0, 0.1) is 0 Å². The predicted molar refractivity (Wildman–Crippen MR) is 79.0 cm³/mol. The van der Waals surface area contributed by atoms with Crippen molar-refractivity contribution in [3.8, 4) is 0 Å². The van der Waals surface area contributed by atoms with Crippen LogP contribution in [0.25, 0.3) is 0 Å². The Labute approximate surface area is 112 Å². The molecule has 0 saturated heterocycles. The van der Waals surface area contributed by atoms with Crippen LogP contribution in [0.3, 0.4) is 0 Å². The average Bonchev–Trinajstić information content (AvgIpc) is 2.46. The van der Waals surface area contributed by atoms with E-state index in [1.807, 2.05) is 0 Å². The van der Waals surface area contributed by atoms with Crippen LogP contribution in [0.4, 0.5) is 0 Å². The van der Waals surface area contributed by atoms with Gasteiger partial charge >= 0.3 is 0 Å². The Balaban J connectivity index is 2.33. The Morgan fingerprint density at radius 2 is 1.72 bits per heavy atom. The number of hydrogen-bond acceptors (Lipinski definition) is 1. The van der Waals surface area contributed by atoms with Crippen LogP contribution in [0.5, 0.6) is 0 Å². The molecule has 1 heteroatoms. The monoisotopic (exact) mass is 245 g/mol. The first-order valence-corrected chi connectivity index (χ1v) is 7.62. The smallest absolute Gasteiger partial charge is 0.0161 e. The molecular weight excluding hydrogens is 218 g/mol. The van der Waals surface area contributed by atoms with Crippen LogP contribution >= 0.6 is 0 Å². The van der Waals surface area contributed by atoms with Gasteiger partial charge in [0.05, 0.1) is 0 Å². The summed E-state index contributed by atoms with van der Waals surface area (Å²) in [4.78, 5) is 0. The number of benzene rings is 1. The number of hydrogen-bond donors (Lipinski definition) is 1. The zero-order chi connectivity index (χ0) is 12.8. The molecule has 1 unspecified atom stereocenters. The topological polar surface area (TPSA) is 12.0 Å². The predicted octanol–water partition coefficient (Wildman–Crippen LogP) is 4.28. The normalized spacial score (nSPS) is 20.6. The van der Waals surface area contributed by atoms with E-state index in [0.29, 0.717) is 11.5 Å². The van der Waals surface area contributed by atoms with Gasteiger partial charge in [-0.05, 0) is 31.4 Å². The van der Waals surface area contributed by atoms with Crippen LogP contribution < -0.4 is 5.32 Å². The van der Waals surface area contributed by atoms with Gasteiger partial charge in [0.25, 0.3) is 0 Å². The van der Waals surface area contributed by atoms with Crippen LogP contribution in [-0.2, 0) is 5.41 Å². The summed E-state index contributed by atoms with van der Waals surface area (Å²) in [6.07, 6.45) is 8.11. The molecular formula is C17H27N. The minimum Gasteiger partial charge on any atom is -0.313 e. The zero-order valence-corrected chi connectivity index (χ0v) is 11.9. The maximum atomic E-state index is 3.74. The van der Waals surface area contributed by atoms with Crippen LogP contribution in [0.2, 0.25) is 0 Å². The van der Waals surface area contributed by atoms with E-state index in [1.54, 1.807) is 5.56 Å². The molecule has 1 saturated carbocycles. The van der Waals surface area contributed by atoms with Crippen molar-refractivity contribution < 1.29 is 0 Å². The first-order chi connectivity index (χ1) is 8.83. The summed E-state index contributed by atoms with van der Waals surface area (Å²) >= 11 is 0. The molecule has 1 atom stereocenters. The Hall–Kier alpha value is -0.820. The van der Waals surface area contributed by atoms with Gasteiger partial charge in [0.2, 0.25) is 0 Å². The lowest BCUT2D eigenvalue weighted by molar-refractivity contribution is 0.209. The molecule has 0 aromatic heterocycles. The van der Waals surface area contributed by atoms with E-state index in [9.17, 15) is 0 Å². The highest BCUT2D eigenvalue weighted by molar-refractivity contribution is 5.28.